The zero-order chi connectivity index (χ0) is 17.2. The van der Waals surface area contributed by atoms with E-state index >= 15 is 0 Å². The molecule has 0 saturated carbocycles. The number of nitrogens with one attached hydrogen (secondary N) is 2. The molecule has 1 heterocycles. The lowest BCUT2D eigenvalue weighted by atomic mass is 10.3. The number of hydrogen-bond donors (Lipinski definition) is 2. The second-order valence-corrected chi connectivity index (χ2v) is 5.30. The molecule has 0 atom stereocenters. The number of aliphatic imine (C=N–C) groups is 1. The Morgan fingerprint density at radius 2 is 2.00 bits per heavy atom. The lowest BCUT2D eigenvalue weighted by Crippen LogP contribution is -2.45. The zero-order valence-corrected chi connectivity index (χ0v) is 13.9. The molecule has 1 fully saturated rings. The Balaban J connectivity index is 1.60. The predicted octanol–water partition coefficient (Wildman–Crippen LogP) is 0.841. The van der Waals surface area contributed by atoms with Crippen molar-refractivity contribution in [1.29, 1.82) is 0 Å². The van der Waals surface area contributed by atoms with E-state index in [4.69, 9.17) is 9.47 Å². The predicted molar refractivity (Wildman–Crippen MR) is 88.5 cm³/mol. The summed E-state index contributed by atoms with van der Waals surface area (Å²) in [5.41, 5.74) is 0. The highest BCUT2D eigenvalue weighted by Crippen LogP contribution is 2.17. The van der Waals surface area contributed by atoms with Crippen molar-refractivity contribution in [3.8, 4) is 5.75 Å². The van der Waals surface area contributed by atoms with Gasteiger partial charge in [-0.3, -0.25) is 9.89 Å². The molecule has 1 saturated heterocycles. The average Bonchev–Trinajstić information content (AvgIpc) is 2.59. The van der Waals surface area contributed by atoms with Crippen LogP contribution in [0.4, 0.5) is 8.78 Å². The van der Waals surface area contributed by atoms with Crippen LogP contribution in [0, 0.1) is 11.6 Å². The van der Waals surface area contributed by atoms with Crippen LogP contribution in [0.3, 0.4) is 0 Å². The first-order valence-corrected chi connectivity index (χ1v) is 8.01. The van der Waals surface area contributed by atoms with E-state index in [2.05, 4.69) is 20.5 Å². The fraction of sp³-hybridized carbons (Fsp3) is 0.562. The normalized spacial score (nSPS) is 16.0. The third kappa shape index (κ3) is 6.29. The van der Waals surface area contributed by atoms with Gasteiger partial charge in [-0.05, 0) is 12.1 Å². The molecule has 0 aromatic heterocycles. The Kier molecular flexibility index (Phi) is 7.70. The van der Waals surface area contributed by atoms with Crippen LogP contribution in [0.1, 0.15) is 0 Å². The Morgan fingerprint density at radius 3 is 2.71 bits per heavy atom. The van der Waals surface area contributed by atoms with Gasteiger partial charge >= 0.3 is 0 Å². The first-order chi connectivity index (χ1) is 11.7. The number of benzene rings is 1. The van der Waals surface area contributed by atoms with E-state index in [-0.39, 0.29) is 12.4 Å². The summed E-state index contributed by atoms with van der Waals surface area (Å²) in [6.45, 7) is 5.85. The lowest BCUT2D eigenvalue weighted by molar-refractivity contribution is 0.0389. The second kappa shape index (κ2) is 10.0. The summed E-state index contributed by atoms with van der Waals surface area (Å²) in [7, 11) is 1.69. The van der Waals surface area contributed by atoms with E-state index in [0.29, 0.717) is 12.5 Å². The molecule has 24 heavy (non-hydrogen) atoms. The molecule has 1 aliphatic rings. The van der Waals surface area contributed by atoms with Gasteiger partial charge in [-0.1, -0.05) is 0 Å². The second-order valence-electron chi connectivity index (χ2n) is 5.30. The molecular weight excluding hydrogens is 318 g/mol. The van der Waals surface area contributed by atoms with Crippen molar-refractivity contribution in [2.24, 2.45) is 4.99 Å². The van der Waals surface area contributed by atoms with Crippen molar-refractivity contribution in [3.05, 3.63) is 29.8 Å². The quantitative estimate of drug-likeness (QED) is 0.437. The average molecular weight is 342 g/mol. The lowest BCUT2D eigenvalue weighted by Gasteiger charge is -2.26. The SMILES string of the molecule is CN=C(NCCOc1ccc(F)cc1F)NCCN1CCOCC1. The van der Waals surface area contributed by atoms with Crippen LogP contribution in [0.15, 0.2) is 23.2 Å². The maximum Gasteiger partial charge on any atom is 0.191 e. The number of rotatable bonds is 7. The van der Waals surface area contributed by atoms with Gasteiger partial charge in [0.15, 0.2) is 17.5 Å². The maximum atomic E-state index is 13.4. The topological polar surface area (TPSA) is 58.1 Å². The first-order valence-electron chi connectivity index (χ1n) is 8.01. The maximum absolute atomic E-state index is 13.4. The van der Waals surface area contributed by atoms with Crippen LogP contribution in [-0.2, 0) is 4.74 Å². The first kappa shape index (κ1) is 18.4. The molecule has 0 spiro atoms. The van der Waals surface area contributed by atoms with Crippen molar-refractivity contribution in [2.45, 2.75) is 0 Å². The largest absolute Gasteiger partial charge is 0.489 e. The van der Waals surface area contributed by atoms with Crippen molar-refractivity contribution >= 4 is 5.96 Å². The molecule has 134 valence electrons. The van der Waals surface area contributed by atoms with Gasteiger partial charge in [0.25, 0.3) is 0 Å². The minimum atomic E-state index is -0.706. The Hall–Kier alpha value is -1.93. The van der Waals surface area contributed by atoms with E-state index in [1.807, 2.05) is 0 Å². The van der Waals surface area contributed by atoms with Gasteiger partial charge in [-0.2, -0.15) is 0 Å². The molecule has 0 radical (unpaired) electrons. The van der Waals surface area contributed by atoms with Crippen LogP contribution < -0.4 is 15.4 Å². The Labute approximate surface area is 140 Å². The molecule has 0 bridgehead atoms. The summed E-state index contributed by atoms with van der Waals surface area (Å²) >= 11 is 0. The fourth-order valence-electron chi connectivity index (χ4n) is 2.30. The van der Waals surface area contributed by atoms with Crippen LogP contribution >= 0.6 is 0 Å². The summed E-state index contributed by atoms with van der Waals surface area (Å²) in [6.07, 6.45) is 0. The van der Waals surface area contributed by atoms with E-state index in [1.165, 1.54) is 6.07 Å². The third-order valence-corrected chi connectivity index (χ3v) is 3.59. The smallest absolute Gasteiger partial charge is 0.191 e. The molecule has 1 aromatic carbocycles. The van der Waals surface area contributed by atoms with Crippen LogP contribution in [0.5, 0.6) is 5.75 Å². The summed E-state index contributed by atoms with van der Waals surface area (Å²) < 4.78 is 36.8. The highest BCUT2D eigenvalue weighted by atomic mass is 19.1. The number of ether oxygens (including phenoxy) is 2. The molecule has 8 heteroatoms. The minimum absolute atomic E-state index is 0.0356. The summed E-state index contributed by atoms with van der Waals surface area (Å²) in [4.78, 5) is 6.44. The number of guanidine groups is 1. The summed E-state index contributed by atoms with van der Waals surface area (Å²) in [6, 6.07) is 3.24. The molecule has 0 unspecified atom stereocenters. The van der Waals surface area contributed by atoms with Gasteiger partial charge < -0.3 is 20.1 Å². The number of morpholine rings is 1. The highest BCUT2D eigenvalue weighted by molar-refractivity contribution is 5.79. The van der Waals surface area contributed by atoms with Crippen molar-refractivity contribution < 1.29 is 18.3 Å². The standard InChI is InChI=1S/C16H24F2N4O2/c1-19-16(20-4-6-22-7-10-23-11-8-22)21-5-9-24-15-3-2-13(17)12-14(15)18/h2-3,12H,4-11H2,1H3,(H2,19,20,21). The fourth-order valence-corrected chi connectivity index (χ4v) is 2.30. The van der Waals surface area contributed by atoms with Crippen molar-refractivity contribution in [2.75, 3.05) is 59.6 Å². The van der Waals surface area contributed by atoms with Gasteiger partial charge in [0.1, 0.15) is 12.4 Å². The molecule has 6 nitrogen and oxygen atoms in total. The molecule has 1 aliphatic heterocycles. The number of hydrogen-bond acceptors (Lipinski definition) is 4. The van der Waals surface area contributed by atoms with Gasteiger partial charge in [-0.15, -0.1) is 0 Å². The van der Waals surface area contributed by atoms with E-state index in [1.54, 1.807) is 7.05 Å². The van der Waals surface area contributed by atoms with Crippen LogP contribution in [-0.4, -0.2) is 70.5 Å². The van der Waals surface area contributed by atoms with E-state index in [9.17, 15) is 8.78 Å². The molecule has 0 amide bonds. The molecule has 2 N–H and O–H groups in total. The van der Waals surface area contributed by atoms with Gasteiger partial charge in [0.2, 0.25) is 0 Å². The summed E-state index contributed by atoms with van der Waals surface area (Å²) in [5.74, 6) is -0.634. The van der Waals surface area contributed by atoms with Crippen molar-refractivity contribution in [1.82, 2.24) is 15.5 Å². The van der Waals surface area contributed by atoms with Crippen LogP contribution in [0.2, 0.25) is 0 Å². The number of halogens is 2. The molecule has 2 rings (SSSR count). The molecule has 0 aliphatic carbocycles. The van der Waals surface area contributed by atoms with E-state index < -0.39 is 11.6 Å². The molecular formula is C16H24F2N4O2. The monoisotopic (exact) mass is 342 g/mol. The summed E-state index contributed by atoms with van der Waals surface area (Å²) in [5, 5.41) is 6.29. The molecule has 1 aromatic rings. The van der Waals surface area contributed by atoms with E-state index in [0.717, 1.165) is 51.5 Å². The van der Waals surface area contributed by atoms with Gasteiger partial charge in [-0.25, -0.2) is 8.78 Å². The minimum Gasteiger partial charge on any atom is -0.489 e. The van der Waals surface area contributed by atoms with Crippen molar-refractivity contribution in [3.63, 3.8) is 0 Å². The Bertz CT molecular complexity index is 537. The zero-order valence-electron chi connectivity index (χ0n) is 13.9. The number of nitrogens with zero attached hydrogens (tertiary/aromatic N) is 2. The van der Waals surface area contributed by atoms with Gasteiger partial charge in [0.05, 0.1) is 19.8 Å². The highest BCUT2D eigenvalue weighted by Gasteiger charge is 2.09. The third-order valence-electron chi connectivity index (χ3n) is 3.59. The Morgan fingerprint density at radius 1 is 1.25 bits per heavy atom. The van der Waals surface area contributed by atoms with Gasteiger partial charge in [0, 0.05) is 39.3 Å². The van der Waals surface area contributed by atoms with Crippen LogP contribution in [0.25, 0.3) is 0 Å².